The molecule has 0 amide bonds. The molecule has 2 N–H and O–H groups in total. The standard InChI is InChI=1S/C21H33N5.HI/c1-18(2)9-7-8-13-24-21(22-3)25-14-12-20-23-15-16-26(20)17-19-10-5-4-6-11-19;/h4-6,10-11,15-16,18H,7-9,12-14,17H2,1-3H3,(H2,22,24,25);1H. The highest BCUT2D eigenvalue weighted by atomic mass is 127. The largest absolute Gasteiger partial charge is 0.356 e. The molecule has 1 aromatic heterocycles. The summed E-state index contributed by atoms with van der Waals surface area (Å²) in [5, 5.41) is 6.77. The first-order valence-electron chi connectivity index (χ1n) is 9.67. The molecule has 0 spiro atoms. The summed E-state index contributed by atoms with van der Waals surface area (Å²) in [4.78, 5) is 8.80. The number of aliphatic imine (C=N–C) groups is 1. The first-order valence-corrected chi connectivity index (χ1v) is 9.67. The van der Waals surface area contributed by atoms with E-state index in [4.69, 9.17) is 0 Å². The first-order chi connectivity index (χ1) is 12.7. The topological polar surface area (TPSA) is 54.2 Å². The molecule has 0 aliphatic rings. The van der Waals surface area contributed by atoms with Crippen LogP contribution in [0.25, 0.3) is 0 Å². The van der Waals surface area contributed by atoms with E-state index in [1.807, 2.05) is 25.5 Å². The van der Waals surface area contributed by atoms with E-state index in [0.29, 0.717) is 0 Å². The maximum Gasteiger partial charge on any atom is 0.190 e. The van der Waals surface area contributed by atoms with Crippen LogP contribution in [0, 0.1) is 5.92 Å². The van der Waals surface area contributed by atoms with E-state index in [-0.39, 0.29) is 24.0 Å². The molecule has 0 saturated carbocycles. The molecule has 0 aliphatic carbocycles. The third-order valence-electron chi connectivity index (χ3n) is 4.36. The van der Waals surface area contributed by atoms with E-state index in [1.165, 1.54) is 24.8 Å². The van der Waals surface area contributed by atoms with Gasteiger partial charge in [-0.1, -0.05) is 57.0 Å². The molecule has 1 aromatic carbocycles. The smallest absolute Gasteiger partial charge is 0.190 e. The number of halogens is 1. The summed E-state index contributed by atoms with van der Waals surface area (Å²) in [6.45, 7) is 7.19. The number of aromatic nitrogens is 2. The van der Waals surface area contributed by atoms with Crippen molar-refractivity contribution in [2.45, 2.75) is 46.1 Å². The maximum absolute atomic E-state index is 4.50. The second-order valence-corrected chi connectivity index (χ2v) is 7.02. The van der Waals surface area contributed by atoms with Crippen LogP contribution >= 0.6 is 24.0 Å². The van der Waals surface area contributed by atoms with Crippen molar-refractivity contribution >= 4 is 29.9 Å². The molecule has 0 aliphatic heterocycles. The van der Waals surface area contributed by atoms with Crippen LogP contribution in [-0.2, 0) is 13.0 Å². The average Bonchev–Trinajstić information content (AvgIpc) is 3.07. The number of hydrogen-bond acceptors (Lipinski definition) is 2. The molecule has 2 rings (SSSR count). The molecule has 0 unspecified atom stereocenters. The van der Waals surface area contributed by atoms with Crippen molar-refractivity contribution in [3.8, 4) is 0 Å². The van der Waals surface area contributed by atoms with Gasteiger partial charge in [-0.25, -0.2) is 4.98 Å². The molecule has 2 aromatic rings. The monoisotopic (exact) mass is 483 g/mol. The third kappa shape index (κ3) is 9.26. The van der Waals surface area contributed by atoms with Crippen LogP contribution < -0.4 is 10.6 Å². The van der Waals surface area contributed by atoms with Crippen LogP contribution in [-0.4, -0.2) is 35.6 Å². The fourth-order valence-electron chi connectivity index (χ4n) is 2.89. The molecule has 5 nitrogen and oxygen atoms in total. The highest BCUT2D eigenvalue weighted by molar-refractivity contribution is 14.0. The van der Waals surface area contributed by atoms with Gasteiger partial charge in [-0.15, -0.1) is 24.0 Å². The number of hydrogen-bond donors (Lipinski definition) is 2. The van der Waals surface area contributed by atoms with Crippen molar-refractivity contribution in [2.24, 2.45) is 10.9 Å². The molecule has 0 saturated heterocycles. The van der Waals surface area contributed by atoms with Gasteiger partial charge in [0.2, 0.25) is 0 Å². The molecule has 150 valence electrons. The summed E-state index contributed by atoms with van der Waals surface area (Å²) >= 11 is 0. The molecular weight excluding hydrogens is 449 g/mol. The van der Waals surface area contributed by atoms with Crippen molar-refractivity contribution in [2.75, 3.05) is 20.1 Å². The Hall–Kier alpha value is -1.57. The van der Waals surface area contributed by atoms with E-state index in [0.717, 1.165) is 43.8 Å². The number of benzene rings is 1. The molecule has 0 atom stereocenters. The number of guanidine groups is 1. The predicted octanol–water partition coefficient (Wildman–Crippen LogP) is 4.08. The van der Waals surface area contributed by atoms with Crippen molar-refractivity contribution in [1.82, 2.24) is 20.2 Å². The van der Waals surface area contributed by atoms with Gasteiger partial charge in [-0.3, -0.25) is 4.99 Å². The third-order valence-corrected chi connectivity index (χ3v) is 4.36. The number of unbranched alkanes of at least 4 members (excludes halogenated alkanes) is 1. The van der Waals surface area contributed by atoms with Gasteiger partial charge in [0, 0.05) is 45.5 Å². The van der Waals surface area contributed by atoms with Gasteiger partial charge < -0.3 is 15.2 Å². The predicted molar refractivity (Wildman–Crippen MR) is 125 cm³/mol. The number of rotatable bonds is 10. The highest BCUT2D eigenvalue weighted by Gasteiger charge is 2.04. The van der Waals surface area contributed by atoms with Crippen molar-refractivity contribution in [3.63, 3.8) is 0 Å². The van der Waals surface area contributed by atoms with E-state index >= 15 is 0 Å². The summed E-state index contributed by atoms with van der Waals surface area (Å²) in [6, 6.07) is 10.5. The van der Waals surface area contributed by atoms with Crippen molar-refractivity contribution in [3.05, 3.63) is 54.1 Å². The number of nitrogens with one attached hydrogen (secondary N) is 2. The molecule has 6 heteroatoms. The Balaban J connectivity index is 0.00000364. The van der Waals surface area contributed by atoms with Crippen molar-refractivity contribution < 1.29 is 0 Å². The van der Waals surface area contributed by atoms with Crippen LogP contribution in [0.1, 0.15) is 44.5 Å². The lowest BCUT2D eigenvalue weighted by Crippen LogP contribution is -2.39. The SMILES string of the molecule is CN=C(NCCCCC(C)C)NCCc1nccn1Cc1ccccc1.I. The Bertz CT molecular complexity index is 652. The molecular formula is C21H34IN5. The Morgan fingerprint density at radius 1 is 1.11 bits per heavy atom. The Kier molecular flexibility index (Phi) is 11.8. The van der Waals surface area contributed by atoms with Gasteiger partial charge in [0.1, 0.15) is 5.82 Å². The Labute approximate surface area is 181 Å². The van der Waals surface area contributed by atoms with E-state index in [9.17, 15) is 0 Å². The van der Waals surface area contributed by atoms with Gasteiger partial charge in [0.05, 0.1) is 0 Å². The fourth-order valence-corrected chi connectivity index (χ4v) is 2.89. The van der Waals surface area contributed by atoms with E-state index in [2.05, 4.69) is 63.3 Å². The fraction of sp³-hybridized carbons (Fsp3) is 0.524. The van der Waals surface area contributed by atoms with Crippen LogP contribution in [0.15, 0.2) is 47.7 Å². The van der Waals surface area contributed by atoms with Gasteiger partial charge in [-0.2, -0.15) is 0 Å². The summed E-state index contributed by atoms with van der Waals surface area (Å²) in [5.74, 6) is 2.75. The van der Waals surface area contributed by atoms with Crippen LogP contribution in [0.4, 0.5) is 0 Å². The van der Waals surface area contributed by atoms with E-state index in [1.54, 1.807) is 0 Å². The lowest BCUT2D eigenvalue weighted by molar-refractivity contribution is 0.534. The highest BCUT2D eigenvalue weighted by Crippen LogP contribution is 2.06. The minimum Gasteiger partial charge on any atom is -0.356 e. The van der Waals surface area contributed by atoms with Crippen LogP contribution in [0.3, 0.4) is 0 Å². The Morgan fingerprint density at radius 2 is 1.85 bits per heavy atom. The van der Waals surface area contributed by atoms with Gasteiger partial charge >= 0.3 is 0 Å². The molecule has 0 radical (unpaired) electrons. The first kappa shape index (κ1) is 23.5. The zero-order chi connectivity index (χ0) is 18.6. The molecule has 1 heterocycles. The van der Waals surface area contributed by atoms with Gasteiger partial charge in [0.25, 0.3) is 0 Å². The summed E-state index contributed by atoms with van der Waals surface area (Å²) < 4.78 is 2.21. The quantitative estimate of drug-likeness (QED) is 0.232. The molecule has 0 bridgehead atoms. The summed E-state index contributed by atoms with van der Waals surface area (Å²) in [7, 11) is 1.82. The molecule has 27 heavy (non-hydrogen) atoms. The van der Waals surface area contributed by atoms with Gasteiger partial charge in [0.15, 0.2) is 5.96 Å². The Morgan fingerprint density at radius 3 is 2.56 bits per heavy atom. The summed E-state index contributed by atoms with van der Waals surface area (Å²) in [5.41, 5.74) is 1.29. The van der Waals surface area contributed by atoms with E-state index < -0.39 is 0 Å². The van der Waals surface area contributed by atoms with Crippen LogP contribution in [0.2, 0.25) is 0 Å². The maximum atomic E-state index is 4.50. The van der Waals surface area contributed by atoms with Gasteiger partial charge in [-0.05, 0) is 17.9 Å². The van der Waals surface area contributed by atoms with Crippen LogP contribution in [0.5, 0.6) is 0 Å². The normalized spacial score (nSPS) is 11.3. The number of nitrogens with zero attached hydrogens (tertiary/aromatic N) is 3. The van der Waals surface area contributed by atoms with Crippen molar-refractivity contribution in [1.29, 1.82) is 0 Å². The second-order valence-electron chi connectivity index (χ2n) is 7.02. The summed E-state index contributed by atoms with van der Waals surface area (Å²) in [6.07, 6.45) is 8.52. The minimum atomic E-state index is 0. The minimum absolute atomic E-state index is 0. The number of imidazole rings is 1. The lowest BCUT2D eigenvalue weighted by Gasteiger charge is -2.13. The average molecular weight is 483 g/mol. The zero-order valence-electron chi connectivity index (χ0n) is 16.8. The zero-order valence-corrected chi connectivity index (χ0v) is 19.1. The lowest BCUT2D eigenvalue weighted by atomic mass is 10.1. The molecule has 0 fully saturated rings. The second kappa shape index (κ2) is 13.6.